The van der Waals surface area contributed by atoms with Gasteiger partial charge in [0.1, 0.15) is 31.0 Å². The van der Waals surface area contributed by atoms with Crippen LogP contribution in [-0.4, -0.2) is 11.4 Å². The van der Waals surface area contributed by atoms with E-state index in [4.69, 9.17) is 14.6 Å². The summed E-state index contributed by atoms with van der Waals surface area (Å²) in [7, 11) is 0. The summed E-state index contributed by atoms with van der Waals surface area (Å²) in [5, 5.41) is 9.08. The SMILES string of the molecule is Cc1ccc(C=O)cc1OCc1ccccc1.Cc1ccc(CO)cc1OCc1ccccc1. The first-order chi connectivity index (χ1) is 16.6. The summed E-state index contributed by atoms with van der Waals surface area (Å²) < 4.78 is 11.5. The Hall–Kier alpha value is -3.89. The minimum Gasteiger partial charge on any atom is -0.489 e. The third-order valence-electron chi connectivity index (χ3n) is 5.26. The molecular weight excluding hydrogens is 424 g/mol. The van der Waals surface area contributed by atoms with Crippen LogP contribution in [0.4, 0.5) is 0 Å². The van der Waals surface area contributed by atoms with Crippen molar-refractivity contribution in [2.75, 3.05) is 0 Å². The molecule has 0 amide bonds. The van der Waals surface area contributed by atoms with Gasteiger partial charge in [-0.05, 0) is 53.8 Å². The fourth-order valence-electron chi connectivity index (χ4n) is 3.21. The van der Waals surface area contributed by atoms with Crippen LogP contribution in [0.25, 0.3) is 0 Å². The van der Waals surface area contributed by atoms with Crippen molar-refractivity contribution < 1.29 is 19.4 Å². The number of aldehydes is 1. The summed E-state index contributed by atoms with van der Waals surface area (Å²) in [6.45, 7) is 5.08. The normalized spacial score (nSPS) is 10.1. The fourth-order valence-corrected chi connectivity index (χ4v) is 3.21. The molecule has 4 heteroatoms. The average Bonchev–Trinajstić information content (AvgIpc) is 2.89. The average molecular weight is 455 g/mol. The Morgan fingerprint density at radius 3 is 1.65 bits per heavy atom. The van der Waals surface area contributed by atoms with Crippen LogP contribution in [-0.2, 0) is 19.8 Å². The molecule has 0 heterocycles. The van der Waals surface area contributed by atoms with E-state index < -0.39 is 0 Å². The molecule has 34 heavy (non-hydrogen) atoms. The molecule has 4 nitrogen and oxygen atoms in total. The monoisotopic (exact) mass is 454 g/mol. The van der Waals surface area contributed by atoms with Crippen molar-refractivity contribution in [1.29, 1.82) is 0 Å². The van der Waals surface area contributed by atoms with E-state index in [1.54, 1.807) is 12.1 Å². The van der Waals surface area contributed by atoms with Gasteiger partial charge < -0.3 is 14.6 Å². The Morgan fingerprint density at radius 2 is 1.15 bits per heavy atom. The second-order valence-corrected chi connectivity index (χ2v) is 7.95. The van der Waals surface area contributed by atoms with Gasteiger partial charge in [0, 0.05) is 5.56 Å². The molecule has 0 fully saturated rings. The van der Waals surface area contributed by atoms with E-state index in [0.717, 1.165) is 45.6 Å². The van der Waals surface area contributed by atoms with Crippen molar-refractivity contribution in [3.05, 3.63) is 130 Å². The number of aliphatic hydroxyl groups excluding tert-OH is 1. The van der Waals surface area contributed by atoms with Gasteiger partial charge in [0.25, 0.3) is 0 Å². The summed E-state index contributed by atoms with van der Waals surface area (Å²) in [4.78, 5) is 10.7. The van der Waals surface area contributed by atoms with Gasteiger partial charge >= 0.3 is 0 Å². The van der Waals surface area contributed by atoms with Gasteiger partial charge in [-0.25, -0.2) is 0 Å². The van der Waals surface area contributed by atoms with Crippen molar-refractivity contribution in [2.45, 2.75) is 33.7 Å². The van der Waals surface area contributed by atoms with Crippen LogP contribution in [0, 0.1) is 13.8 Å². The molecule has 174 valence electrons. The van der Waals surface area contributed by atoms with Gasteiger partial charge in [0.15, 0.2) is 0 Å². The van der Waals surface area contributed by atoms with Crippen molar-refractivity contribution in [2.24, 2.45) is 0 Å². The van der Waals surface area contributed by atoms with Crippen LogP contribution < -0.4 is 9.47 Å². The highest BCUT2D eigenvalue weighted by molar-refractivity contribution is 5.75. The van der Waals surface area contributed by atoms with Crippen LogP contribution in [0.5, 0.6) is 11.5 Å². The van der Waals surface area contributed by atoms with E-state index in [0.29, 0.717) is 18.8 Å². The maximum Gasteiger partial charge on any atom is 0.150 e. The van der Waals surface area contributed by atoms with Crippen LogP contribution in [0.15, 0.2) is 97.1 Å². The van der Waals surface area contributed by atoms with Gasteiger partial charge in [0.2, 0.25) is 0 Å². The van der Waals surface area contributed by atoms with E-state index in [-0.39, 0.29) is 6.61 Å². The first-order valence-electron chi connectivity index (χ1n) is 11.2. The topological polar surface area (TPSA) is 55.8 Å². The molecule has 0 saturated heterocycles. The molecule has 1 N–H and O–H groups in total. The Bertz CT molecular complexity index is 1170. The zero-order valence-electron chi connectivity index (χ0n) is 19.6. The van der Waals surface area contributed by atoms with Gasteiger partial charge in [-0.3, -0.25) is 4.79 Å². The van der Waals surface area contributed by atoms with Crippen molar-refractivity contribution in [3.63, 3.8) is 0 Å². The molecule has 4 rings (SSSR count). The van der Waals surface area contributed by atoms with Gasteiger partial charge in [0.05, 0.1) is 6.61 Å². The smallest absolute Gasteiger partial charge is 0.150 e. The molecule has 0 unspecified atom stereocenters. The molecule has 0 bridgehead atoms. The molecule has 0 aromatic heterocycles. The van der Waals surface area contributed by atoms with E-state index in [1.165, 1.54) is 0 Å². The van der Waals surface area contributed by atoms with E-state index in [9.17, 15) is 4.79 Å². The van der Waals surface area contributed by atoms with Gasteiger partial charge in [-0.15, -0.1) is 0 Å². The van der Waals surface area contributed by atoms with Gasteiger partial charge in [-0.1, -0.05) is 84.9 Å². The Labute approximate surface area is 201 Å². The lowest BCUT2D eigenvalue weighted by Gasteiger charge is -2.10. The first kappa shape index (κ1) is 24.7. The van der Waals surface area contributed by atoms with Crippen LogP contribution in [0.3, 0.4) is 0 Å². The minimum atomic E-state index is 0.0436. The highest BCUT2D eigenvalue weighted by Gasteiger charge is 2.03. The molecule has 4 aromatic carbocycles. The number of aryl methyl sites for hydroxylation is 2. The third kappa shape index (κ3) is 7.61. The molecule has 0 aliphatic rings. The quantitative estimate of drug-likeness (QED) is 0.311. The second kappa shape index (κ2) is 13.0. The Kier molecular flexibility index (Phi) is 9.44. The summed E-state index contributed by atoms with van der Waals surface area (Å²) in [5.74, 6) is 1.60. The summed E-state index contributed by atoms with van der Waals surface area (Å²) in [6, 6.07) is 31.2. The standard InChI is InChI=1S/C15H16O2.C15H14O2/c2*1-12-7-8-14(10-16)9-15(12)17-11-13-5-3-2-4-6-13/h2-9,16H,10-11H2,1H3;2-10H,11H2,1H3. The fraction of sp³-hybridized carbons (Fsp3) is 0.167. The van der Waals surface area contributed by atoms with E-state index >= 15 is 0 Å². The lowest BCUT2D eigenvalue weighted by molar-refractivity contribution is 0.112. The maximum atomic E-state index is 10.7. The van der Waals surface area contributed by atoms with Crippen LogP contribution >= 0.6 is 0 Å². The van der Waals surface area contributed by atoms with E-state index in [1.807, 2.05) is 98.8 Å². The lowest BCUT2D eigenvalue weighted by atomic mass is 10.1. The van der Waals surface area contributed by atoms with Crippen LogP contribution in [0.1, 0.15) is 38.2 Å². The first-order valence-corrected chi connectivity index (χ1v) is 11.2. The number of hydrogen-bond acceptors (Lipinski definition) is 4. The predicted octanol–water partition coefficient (Wildman–Crippen LogP) is 6.45. The molecule has 0 spiro atoms. The highest BCUT2D eigenvalue weighted by atomic mass is 16.5. The zero-order valence-corrected chi connectivity index (χ0v) is 19.6. The second-order valence-electron chi connectivity index (χ2n) is 7.95. The molecule has 0 aliphatic carbocycles. The summed E-state index contributed by atoms with van der Waals surface area (Å²) >= 11 is 0. The number of hydrogen-bond donors (Lipinski definition) is 1. The number of aliphatic hydroxyl groups is 1. The van der Waals surface area contributed by atoms with E-state index in [2.05, 4.69) is 0 Å². The summed E-state index contributed by atoms with van der Waals surface area (Å²) in [5.41, 5.74) is 5.88. The molecule has 4 aromatic rings. The zero-order chi connectivity index (χ0) is 24.2. The third-order valence-corrected chi connectivity index (χ3v) is 5.26. The molecule has 0 atom stereocenters. The molecule has 0 saturated carbocycles. The molecular formula is C30H30O4. The Morgan fingerprint density at radius 1 is 0.647 bits per heavy atom. The minimum absolute atomic E-state index is 0.0436. The van der Waals surface area contributed by atoms with Crippen molar-refractivity contribution in [1.82, 2.24) is 0 Å². The predicted molar refractivity (Wildman–Crippen MR) is 135 cm³/mol. The van der Waals surface area contributed by atoms with Gasteiger partial charge in [-0.2, -0.15) is 0 Å². The van der Waals surface area contributed by atoms with Crippen molar-refractivity contribution in [3.8, 4) is 11.5 Å². The number of carbonyl (C=O) groups excluding carboxylic acids is 1. The molecule has 0 aliphatic heterocycles. The maximum absolute atomic E-state index is 10.7. The van der Waals surface area contributed by atoms with Crippen molar-refractivity contribution >= 4 is 6.29 Å². The van der Waals surface area contributed by atoms with Crippen LogP contribution in [0.2, 0.25) is 0 Å². The molecule has 0 radical (unpaired) electrons. The number of carbonyl (C=O) groups is 1. The largest absolute Gasteiger partial charge is 0.489 e. The number of rotatable bonds is 8. The summed E-state index contributed by atoms with van der Waals surface area (Å²) in [6.07, 6.45) is 0.828. The lowest BCUT2D eigenvalue weighted by Crippen LogP contribution is -1.97. The highest BCUT2D eigenvalue weighted by Crippen LogP contribution is 2.21. The number of ether oxygens (including phenoxy) is 2. The number of benzene rings is 4. The Balaban J connectivity index is 0.000000191.